The predicted octanol–water partition coefficient (Wildman–Crippen LogP) is 5.90. The van der Waals surface area contributed by atoms with Gasteiger partial charge in [0.25, 0.3) is 0 Å². The highest BCUT2D eigenvalue weighted by Crippen LogP contribution is 2.31. The van der Waals surface area contributed by atoms with Gasteiger partial charge in [-0.3, -0.25) is 10.8 Å². The van der Waals surface area contributed by atoms with E-state index in [1.165, 1.54) is 0 Å². The van der Waals surface area contributed by atoms with Crippen molar-refractivity contribution in [2.24, 2.45) is 0 Å². The molecule has 6 nitrogen and oxygen atoms in total. The monoisotopic (exact) mass is 466 g/mol. The van der Waals surface area contributed by atoms with E-state index in [9.17, 15) is 0 Å². The quantitative estimate of drug-likeness (QED) is 0.196. The number of H-pyrrole nitrogens is 2. The first-order valence-electron chi connectivity index (χ1n) is 11.3. The molecule has 0 amide bonds. The van der Waals surface area contributed by atoms with E-state index in [4.69, 9.17) is 10.8 Å². The maximum absolute atomic E-state index is 15.3. The van der Waals surface area contributed by atoms with Gasteiger partial charge in [-0.15, -0.1) is 0 Å². The number of nitrogens with zero attached hydrogens (tertiary/aromatic N) is 2. The number of aromatic amines is 2. The number of fused-ring (bicyclic) bond motifs is 2. The highest BCUT2D eigenvalue weighted by atomic mass is 19.1. The zero-order valence-corrected chi connectivity index (χ0v) is 20.1. The van der Waals surface area contributed by atoms with Crippen LogP contribution in [-0.4, -0.2) is 59.6 Å². The summed E-state index contributed by atoms with van der Waals surface area (Å²) < 4.78 is 15.3. The highest BCUT2D eigenvalue weighted by molar-refractivity contribution is 6.01. The minimum atomic E-state index is -0.316. The predicted molar refractivity (Wildman–Crippen MR) is 142 cm³/mol. The molecular formula is C28H27FN6. The molecule has 2 aromatic heterocycles. The molecule has 0 fully saturated rings. The summed E-state index contributed by atoms with van der Waals surface area (Å²) in [4.78, 5) is 10.2. The minimum Gasteiger partial charge on any atom is -0.363 e. The van der Waals surface area contributed by atoms with Crippen molar-refractivity contribution < 1.29 is 4.39 Å². The SMILES string of the molecule is CN(C)C(=N)c1ccc2cc(-c3ccc(-c4cc5ccc(C(=N)N(C)C)cc5[nH]4)c(F)c3)[nH]c2c1. The number of benzene rings is 3. The number of hydrogen-bond donors (Lipinski definition) is 4. The van der Waals surface area contributed by atoms with Gasteiger partial charge >= 0.3 is 0 Å². The molecule has 3 aromatic carbocycles. The Morgan fingerprint density at radius 2 is 1.17 bits per heavy atom. The van der Waals surface area contributed by atoms with Crippen molar-refractivity contribution >= 4 is 33.5 Å². The fourth-order valence-corrected chi connectivity index (χ4v) is 4.27. The third kappa shape index (κ3) is 4.05. The lowest BCUT2D eigenvalue weighted by Crippen LogP contribution is -2.21. The summed E-state index contributed by atoms with van der Waals surface area (Å²) in [6.45, 7) is 0. The zero-order valence-electron chi connectivity index (χ0n) is 20.1. The molecule has 0 aliphatic carbocycles. The second-order valence-corrected chi connectivity index (χ2v) is 9.15. The van der Waals surface area contributed by atoms with Gasteiger partial charge in [0, 0.05) is 83.6 Å². The summed E-state index contributed by atoms with van der Waals surface area (Å²) in [6.07, 6.45) is 0. The fraction of sp³-hybridized carbons (Fsp3) is 0.143. The van der Waals surface area contributed by atoms with E-state index >= 15 is 4.39 Å². The van der Waals surface area contributed by atoms with Crippen LogP contribution < -0.4 is 0 Å². The second-order valence-electron chi connectivity index (χ2n) is 9.15. The molecule has 0 saturated heterocycles. The largest absolute Gasteiger partial charge is 0.363 e. The van der Waals surface area contributed by atoms with Gasteiger partial charge < -0.3 is 19.8 Å². The molecule has 5 aromatic rings. The van der Waals surface area contributed by atoms with Crippen molar-refractivity contribution in [3.05, 3.63) is 83.7 Å². The van der Waals surface area contributed by atoms with E-state index < -0.39 is 0 Å². The first-order chi connectivity index (χ1) is 16.7. The molecule has 0 atom stereocenters. The Hall–Kier alpha value is -4.39. The lowest BCUT2D eigenvalue weighted by atomic mass is 10.1. The average Bonchev–Trinajstić information content (AvgIpc) is 3.45. The van der Waals surface area contributed by atoms with Crippen LogP contribution in [0.1, 0.15) is 11.1 Å². The summed E-state index contributed by atoms with van der Waals surface area (Å²) in [7, 11) is 7.37. The van der Waals surface area contributed by atoms with Crippen LogP contribution in [0.15, 0.2) is 66.7 Å². The van der Waals surface area contributed by atoms with Crippen molar-refractivity contribution in [3.63, 3.8) is 0 Å². The van der Waals surface area contributed by atoms with Gasteiger partial charge in [0.1, 0.15) is 17.5 Å². The van der Waals surface area contributed by atoms with Crippen molar-refractivity contribution in [2.45, 2.75) is 0 Å². The molecule has 7 heteroatoms. The van der Waals surface area contributed by atoms with Crippen LogP contribution in [-0.2, 0) is 0 Å². The topological polar surface area (TPSA) is 85.8 Å². The van der Waals surface area contributed by atoms with E-state index in [0.717, 1.165) is 44.2 Å². The molecule has 176 valence electrons. The average molecular weight is 467 g/mol. The molecule has 0 aliphatic rings. The van der Waals surface area contributed by atoms with Crippen LogP contribution in [0.5, 0.6) is 0 Å². The van der Waals surface area contributed by atoms with Gasteiger partial charge in [0.15, 0.2) is 0 Å². The summed E-state index contributed by atoms with van der Waals surface area (Å²) in [5.41, 5.74) is 6.15. The smallest absolute Gasteiger partial charge is 0.133 e. The molecule has 0 bridgehead atoms. The van der Waals surface area contributed by atoms with E-state index in [2.05, 4.69) is 9.97 Å². The van der Waals surface area contributed by atoms with Crippen LogP contribution in [0.4, 0.5) is 4.39 Å². The first-order valence-corrected chi connectivity index (χ1v) is 11.3. The van der Waals surface area contributed by atoms with Gasteiger partial charge in [0.05, 0.1) is 0 Å². The molecule has 35 heavy (non-hydrogen) atoms. The molecular weight excluding hydrogens is 439 g/mol. The number of aromatic nitrogens is 2. The van der Waals surface area contributed by atoms with Gasteiger partial charge in [-0.1, -0.05) is 30.3 Å². The zero-order chi connectivity index (χ0) is 24.9. The Labute approximate surface area is 203 Å². The van der Waals surface area contributed by atoms with E-state index in [1.807, 2.05) is 82.8 Å². The van der Waals surface area contributed by atoms with Gasteiger partial charge in [-0.25, -0.2) is 4.39 Å². The fourth-order valence-electron chi connectivity index (χ4n) is 4.27. The Morgan fingerprint density at radius 3 is 1.69 bits per heavy atom. The molecule has 0 saturated carbocycles. The van der Waals surface area contributed by atoms with Gasteiger partial charge in [-0.05, 0) is 36.4 Å². The Kier molecular flexibility index (Phi) is 5.40. The van der Waals surface area contributed by atoms with Crippen molar-refractivity contribution in [2.75, 3.05) is 28.2 Å². The lowest BCUT2D eigenvalue weighted by molar-refractivity contribution is 0.619. The van der Waals surface area contributed by atoms with Crippen LogP contribution in [0.25, 0.3) is 44.3 Å². The van der Waals surface area contributed by atoms with E-state index in [1.54, 1.807) is 21.9 Å². The number of rotatable bonds is 4. The standard InChI is InChI=1S/C28H27FN6/c1-34(2)27(30)19-7-5-17-12-23(32-24(17)14-19)16-9-10-21(22(29)11-16)26-13-18-6-8-20(15-25(18)33-26)28(31)35(3)4/h5-15,30-33H,1-4H3. The van der Waals surface area contributed by atoms with Crippen LogP contribution in [0.2, 0.25) is 0 Å². The van der Waals surface area contributed by atoms with Crippen LogP contribution in [0, 0.1) is 16.6 Å². The summed E-state index contributed by atoms with van der Waals surface area (Å²) >= 11 is 0. The number of halogens is 1. The van der Waals surface area contributed by atoms with Crippen molar-refractivity contribution in [1.82, 2.24) is 19.8 Å². The van der Waals surface area contributed by atoms with E-state index in [-0.39, 0.29) is 5.82 Å². The highest BCUT2D eigenvalue weighted by Gasteiger charge is 2.13. The summed E-state index contributed by atoms with van der Waals surface area (Å²) in [6, 6.07) is 20.8. The van der Waals surface area contributed by atoms with Gasteiger partial charge in [0.2, 0.25) is 0 Å². The lowest BCUT2D eigenvalue weighted by Gasteiger charge is -2.13. The van der Waals surface area contributed by atoms with Gasteiger partial charge in [-0.2, -0.15) is 0 Å². The van der Waals surface area contributed by atoms with Crippen LogP contribution in [0.3, 0.4) is 0 Å². The number of hydrogen-bond acceptors (Lipinski definition) is 2. The maximum Gasteiger partial charge on any atom is 0.133 e. The number of nitrogens with one attached hydrogen (secondary N) is 4. The van der Waals surface area contributed by atoms with Crippen LogP contribution >= 0.6 is 0 Å². The van der Waals surface area contributed by atoms with E-state index in [0.29, 0.717) is 22.9 Å². The Balaban J connectivity index is 1.47. The molecule has 4 N–H and O–H groups in total. The summed E-state index contributed by atoms with van der Waals surface area (Å²) in [5.74, 6) is 0.536. The molecule has 5 rings (SSSR count). The molecule has 2 heterocycles. The third-order valence-electron chi connectivity index (χ3n) is 6.26. The Morgan fingerprint density at radius 1 is 0.657 bits per heavy atom. The second kappa shape index (κ2) is 8.43. The normalized spacial score (nSPS) is 11.2. The summed E-state index contributed by atoms with van der Waals surface area (Å²) in [5, 5.41) is 18.4. The van der Waals surface area contributed by atoms with Crippen molar-refractivity contribution in [3.8, 4) is 22.5 Å². The molecule has 0 unspecified atom stereocenters. The third-order valence-corrected chi connectivity index (χ3v) is 6.26. The van der Waals surface area contributed by atoms with Crippen molar-refractivity contribution in [1.29, 1.82) is 10.8 Å². The minimum absolute atomic E-state index is 0.316. The molecule has 0 aliphatic heterocycles. The number of amidine groups is 2. The molecule has 0 spiro atoms. The maximum atomic E-state index is 15.3. The molecule has 0 radical (unpaired) electrons. The first kappa shape index (κ1) is 22.4. The Bertz CT molecular complexity index is 1600.